The molecule has 0 fully saturated rings. The minimum Gasteiger partial charge on any atom is -0.320 e. The monoisotopic (exact) mass is 259 g/mol. The Morgan fingerprint density at radius 3 is 2.32 bits per heavy atom. The number of aromatic nitrogens is 2. The van der Waals surface area contributed by atoms with Crippen molar-refractivity contribution in [2.45, 2.75) is 13.8 Å². The molecule has 2 aromatic rings. The number of aromatic amines is 2. The Kier molecular flexibility index (Phi) is 3.33. The minimum atomic E-state index is -0.709. The first-order valence-corrected chi connectivity index (χ1v) is 5.68. The van der Waals surface area contributed by atoms with Gasteiger partial charge in [-0.25, -0.2) is 4.79 Å². The summed E-state index contributed by atoms with van der Waals surface area (Å²) in [6.45, 7) is 3.73. The highest BCUT2D eigenvalue weighted by molar-refractivity contribution is 6.03. The molecule has 3 N–H and O–H groups in total. The highest BCUT2D eigenvalue weighted by Gasteiger charge is 2.11. The molecular formula is C13H13N3O3. The lowest BCUT2D eigenvalue weighted by atomic mass is 10.1. The van der Waals surface area contributed by atoms with Gasteiger partial charge in [0.1, 0.15) is 5.69 Å². The summed E-state index contributed by atoms with van der Waals surface area (Å²) in [5.74, 6) is -0.527. The molecule has 0 spiro atoms. The first-order chi connectivity index (χ1) is 8.97. The molecule has 0 saturated heterocycles. The average molecular weight is 259 g/mol. The maximum absolute atomic E-state index is 12.0. The van der Waals surface area contributed by atoms with E-state index in [4.69, 9.17) is 0 Å². The third-order valence-corrected chi connectivity index (χ3v) is 2.72. The van der Waals surface area contributed by atoms with E-state index in [2.05, 4.69) is 10.3 Å². The summed E-state index contributed by atoms with van der Waals surface area (Å²) in [7, 11) is 0. The molecule has 0 saturated carbocycles. The highest BCUT2D eigenvalue weighted by atomic mass is 16.2. The van der Waals surface area contributed by atoms with Crippen molar-refractivity contribution in [3.63, 3.8) is 0 Å². The van der Waals surface area contributed by atoms with Crippen molar-refractivity contribution in [3.8, 4) is 0 Å². The van der Waals surface area contributed by atoms with E-state index in [-0.39, 0.29) is 5.69 Å². The van der Waals surface area contributed by atoms with Gasteiger partial charge in [0.05, 0.1) is 0 Å². The van der Waals surface area contributed by atoms with Crippen LogP contribution in [0.25, 0.3) is 0 Å². The van der Waals surface area contributed by atoms with E-state index in [1.807, 2.05) is 37.0 Å². The Morgan fingerprint density at radius 2 is 1.74 bits per heavy atom. The predicted octanol–water partition coefficient (Wildman–Crippen LogP) is 0.932. The summed E-state index contributed by atoms with van der Waals surface area (Å²) in [4.78, 5) is 38.5. The van der Waals surface area contributed by atoms with Crippen molar-refractivity contribution < 1.29 is 4.79 Å². The normalized spacial score (nSPS) is 10.2. The van der Waals surface area contributed by atoms with E-state index in [1.165, 1.54) is 0 Å². The van der Waals surface area contributed by atoms with Crippen LogP contribution in [-0.4, -0.2) is 15.9 Å². The Bertz CT molecular complexity index is 695. The van der Waals surface area contributed by atoms with Crippen LogP contribution >= 0.6 is 0 Å². The summed E-state index contributed by atoms with van der Waals surface area (Å²) >= 11 is 0. The summed E-state index contributed by atoms with van der Waals surface area (Å²) in [5.41, 5.74) is 1.08. The Labute approximate surface area is 108 Å². The maximum atomic E-state index is 12.0. The number of carbonyl (C=O) groups is 1. The molecule has 0 aliphatic heterocycles. The second-order valence-electron chi connectivity index (χ2n) is 4.22. The van der Waals surface area contributed by atoms with Crippen LogP contribution in [0.15, 0.2) is 33.9 Å². The van der Waals surface area contributed by atoms with Crippen molar-refractivity contribution in [1.82, 2.24) is 9.97 Å². The number of hydrogen-bond donors (Lipinski definition) is 3. The molecule has 0 radical (unpaired) electrons. The van der Waals surface area contributed by atoms with Gasteiger partial charge in [0, 0.05) is 11.8 Å². The van der Waals surface area contributed by atoms with Crippen LogP contribution in [0, 0.1) is 13.8 Å². The van der Waals surface area contributed by atoms with Crippen molar-refractivity contribution in [1.29, 1.82) is 0 Å². The summed E-state index contributed by atoms with van der Waals surface area (Å²) < 4.78 is 0. The summed E-state index contributed by atoms with van der Waals surface area (Å²) in [6.07, 6.45) is 0. The topological polar surface area (TPSA) is 94.8 Å². The fraction of sp³-hybridized carbons (Fsp3) is 0.154. The van der Waals surface area contributed by atoms with Gasteiger partial charge in [0.15, 0.2) is 0 Å². The van der Waals surface area contributed by atoms with Gasteiger partial charge in [-0.1, -0.05) is 18.2 Å². The number of para-hydroxylation sites is 1. The standard InChI is InChI=1S/C13H13N3O3/c1-7-4-3-5-8(2)11(7)16-12(18)9-6-10(17)15-13(19)14-9/h3-6H,1-2H3,(H,16,18)(H2,14,15,17,19). The van der Waals surface area contributed by atoms with Crippen molar-refractivity contribution in [2.75, 3.05) is 5.32 Å². The predicted molar refractivity (Wildman–Crippen MR) is 71.6 cm³/mol. The lowest BCUT2D eigenvalue weighted by Gasteiger charge is -2.10. The lowest BCUT2D eigenvalue weighted by molar-refractivity contribution is 0.102. The van der Waals surface area contributed by atoms with Crippen LogP contribution < -0.4 is 16.6 Å². The zero-order valence-electron chi connectivity index (χ0n) is 10.5. The number of hydrogen-bond acceptors (Lipinski definition) is 3. The van der Waals surface area contributed by atoms with Gasteiger partial charge >= 0.3 is 5.69 Å². The van der Waals surface area contributed by atoms with Crippen LogP contribution in [0.5, 0.6) is 0 Å². The molecule has 1 aromatic heterocycles. The number of carbonyl (C=O) groups excluding carboxylic acids is 1. The smallest absolute Gasteiger partial charge is 0.320 e. The Hall–Kier alpha value is -2.63. The average Bonchev–Trinajstić information content (AvgIpc) is 2.32. The quantitative estimate of drug-likeness (QED) is 0.748. The van der Waals surface area contributed by atoms with Crippen LogP contribution in [0.1, 0.15) is 21.6 Å². The summed E-state index contributed by atoms with van der Waals surface area (Å²) in [6, 6.07) is 6.66. The van der Waals surface area contributed by atoms with Gasteiger partial charge in [-0.05, 0) is 25.0 Å². The van der Waals surface area contributed by atoms with E-state index in [1.54, 1.807) is 0 Å². The largest absolute Gasteiger partial charge is 0.326 e. The zero-order chi connectivity index (χ0) is 14.0. The zero-order valence-corrected chi connectivity index (χ0v) is 10.5. The molecule has 0 aliphatic rings. The molecule has 1 amide bonds. The van der Waals surface area contributed by atoms with Crippen molar-refractivity contribution in [2.24, 2.45) is 0 Å². The number of benzene rings is 1. The molecule has 0 atom stereocenters. The van der Waals surface area contributed by atoms with Gasteiger partial charge < -0.3 is 10.3 Å². The van der Waals surface area contributed by atoms with E-state index < -0.39 is 17.2 Å². The molecule has 6 heteroatoms. The fourth-order valence-electron chi connectivity index (χ4n) is 1.78. The molecule has 0 bridgehead atoms. The highest BCUT2D eigenvalue weighted by Crippen LogP contribution is 2.19. The van der Waals surface area contributed by atoms with Crippen LogP contribution in [0.2, 0.25) is 0 Å². The molecule has 19 heavy (non-hydrogen) atoms. The maximum Gasteiger partial charge on any atom is 0.326 e. The van der Waals surface area contributed by atoms with E-state index in [0.29, 0.717) is 5.69 Å². The first-order valence-electron chi connectivity index (χ1n) is 5.68. The second-order valence-corrected chi connectivity index (χ2v) is 4.22. The molecule has 2 rings (SSSR count). The van der Waals surface area contributed by atoms with Gasteiger partial charge in [0.2, 0.25) is 0 Å². The Balaban J connectivity index is 2.36. The van der Waals surface area contributed by atoms with Crippen molar-refractivity contribution >= 4 is 11.6 Å². The molecule has 98 valence electrons. The van der Waals surface area contributed by atoms with E-state index >= 15 is 0 Å². The number of anilines is 1. The van der Waals surface area contributed by atoms with Crippen LogP contribution in [0.4, 0.5) is 5.69 Å². The fourth-order valence-corrected chi connectivity index (χ4v) is 1.78. The molecule has 1 aromatic carbocycles. The van der Waals surface area contributed by atoms with Gasteiger partial charge in [-0.2, -0.15) is 0 Å². The number of amides is 1. The van der Waals surface area contributed by atoms with Crippen LogP contribution in [0.3, 0.4) is 0 Å². The van der Waals surface area contributed by atoms with Crippen LogP contribution in [-0.2, 0) is 0 Å². The Morgan fingerprint density at radius 1 is 1.11 bits per heavy atom. The van der Waals surface area contributed by atoms with Gasteiger partial charge in [-0.15, -0.1) is 0 Å². The van der Waals surface area contributed by atoms with E-state index in [9.17, 15) is 14.4 Å². The third kappa shape index (κ3) is 2.79. The second kappa shape index (κ2) is 4.93. The third-order valence-electron chi connectivity index (χ3n) is 2.72. The number of nitrogens with one attached hydrogen (secondary N) is 3. The number of aryl methyl sites for hydroxylation is 2. The molecular weight excluding hydrogens is 246 g/mol. The molecule has 1 heterocycles. The molecule has 0 aliphatic carbocycles. The molecule has 6 nitrogen and oxygen atoms in total. The van der Waals surface area contributed by atoms with E-state index in [0.717, 1.165) is 17.2 Å². The van der Waals surface area contributed by atoms with Gasteiger partial charge in [-0.3, -0.25) is 14.6 Å². The minimum absolute atomic E-state index is 0.0728. The van der Waals surface area contributed by atoms with Gasteiger partial charge in [0.25, 0.3) is 11.5 Å². The lowest BCUT2D eigenvalue weighted by Crippen LogP contribution is -2.27. The number of H-pyrrole nitrogens is 2. The van der Waals surface area contributed by atoms with Crippen molar-refractivity contribution in [3.05, 3.63) is 61.9 Å². The number of rotatable bonds is 2. The first kappa shape index (κ1) is 12.8. The SMILES string of the molecule is Cc1cccc(C)c1NC(=O)c1cc(=O)[nH]c(=O)[nH]1. The summed E-state index contributed by atoms with van der Waals surface area (Å²) in [5, 5.41) is 2.69. The molecule has 0 unspecified atom stereocenters.